The molecule has 1 aliphatic carbocycles. The number of piperidine rings is 1. The third-order valence-corrected chi connectivity index (χ3v) is 11.0. The van der Waals surface area contributed by atoms with Gasteiger partial charge in [0.15, 0.2) is 0 Å². The Morgan fingerprint density at radius 2 is 1.70 bits per heavy atom. The normalized spacial score (nSPS) is 26.3. The Labute approximate surface area is 271 Å². The number of aromatic nitrogens is 1. The van der Waals surface area contributed by atoms with Gasteiger partial charge in [0.05, 0.1) is 11.1 Å². The molecule has 1 N–H and O–H groups in total. The predicted octanol–water partition coefficient (Wildman–Crippen LogP) is 7.27. The van der Waals surface area contributed by atoms with Crippen molar-refractivity contribution in [3.8, 4) is 11.3 Å². The minimum atomic E-state index is -1.43. The minimum Gasteiger partial charge on any atom is -0.459 e. The fraction of sp³-hybridized carbons (Fsp3) is 0.378. The zero-order valence-electron chi connectivity index (χ0n) is 26.5. The lowest BCUT2D eigenvalue weighted by atomic mass is 9.66. The van der Waals surface area contributed by atoms with E-state index in [0.717, 1.165) is 5.56 Å². The molecule has 0 radical (unpaired) electrons. The molecule has 1 aromatic heterocycles. The highest BCUT2D eigenvalue weighted by atomic mass is 19.1. The number of amides is 1. The van der Waals surface area contributed by atoms with E-state index in [1.807, 2.05) is 51.1 Å². The summed E-state index contributed by atoms with van der Waals surface area (Å²) < 4.78 is 46.3. The highest BCUT2D eigenvalue weighted by molar-refractivity contribution is 5.94. The van der Waals surface area contributed by atoms with Crippen LogP contribution in [0.1, 0.15) is 57.1 Å². The first-order chi connectivity index (χ1) is 22.4. The number of benzene rings is 3. The number of carbonyl (C=O) groups is 3. The number of hydrogen-bond acceptors (Lipinski definition) is 6. The van der Waals surface area contributed by atoms with Crippen molar-refractivity contribution in [2.45, 2.75) is 64.3 Å². The minimum absolute atomic E-state index is 0.0915. The molecule has 244 valence electrons. The molecule has 2 aliphatic heterocycles. The van der Waals surface area contributed by atoms with Gasteiger partial charge in [-0.3, -0.25) is 4.79 Å². The van der Waals surface area contributed by atoms with Crippen LogP contribution in [-0.4, -0.2) is 52.7 Å². The van der Waals surface area contributed by atoms with Crippen LogP contribution >= 0.6 is 0 Å². The lowest BCUT2D eigenvalue weighted by molar-refractivity contribution is -0.189. The van der Waals surface area contributed by atoms with Crippen LogP contribution in [0.3, 0.4) is 0 Å². The van der Waals surface area contributed by atoms with Crippen LogP contribution in [0.15, 0.2) is 72.8 Å². The SMILES string of the molecule is CC1(C)[C@@]2(C(=O)O[C@H]3CCN(C(=O)OCc4ccccc4)C[C@@H]3c3c(-c4ccc(F)cc4)[nH]c4cc(F)ccc34)CC[C@]1(C)C(=O)O2. The molecule has 8 nitrogen and oxygen atoms in total. The second kappa shape index (κ2) is 11.2. The van der Waals surface area contributed by atoms with Gasteiger partial charge >= 0.3 is 18.0 Å². The molecule has 0 unspecified atom stereocenters. The summed E-state index contributed by atoms with van der Waals surface area (Å²) in [6, 6.07) is 19.6. The van der Waals surface area contributed by atoms with Gasteiger partial charge in [-0.2, -0.15) is 0 Å². The molecule has 2 bridgehead atoms. The van der Waals surface area contributed by atoms with Crippen molar-refractivity contribution in [3.05, 3.63) is 95.6 Å². The number of fused-ring (bicyclic) bond motifs is 3. The second-order valence-corrected chi connectivity index (χ2v) is 13.6. The van der Waals surface area contributed by atoms with E-state index in [2.05, 4.69) is 4.98 Å². The highest BCUT2D eigenvalue weighted by Crippen LogP contribution is 2.66. The van der Waals surface area contributed by atoms with Crippen LogP contribution in [0.4, 0.5) is 13.6 Å². The predicted molar refractivity (Wildman–Crippen MR) is 169 cm³/mol. The van der Waals surface area contributed by atoms with Crippen molar-refractivity contribution in [2.75, 3.05) is 13.1 Å². The van der Waals surface area contributed by atoms with Gasteiger partial charge in [-0.15, -0.1) is 0 Å². The van der Waals surface area contributed by atoms with Gasteiger partial charge in [0.2, 0.25) is 5.60 Å². The molecule has 2 saturated heterocycles. The number of halogens is 2. The molecule has 1 saturated carbocycles. The van der Waals surface area contributed by atoms with E-state index in [4.69, 9.17) is 14.2 Å². The lowest BCUT2D eigenvalue weighted by Crippen LogP contribution is -2.52. The maximum Gasteiger partial charge on any atom is 0.410 e. The Hall–Kier alpha value is -4.73. The van der Waals surface area contributed by atoms with E-state index >= 15 is 0 Å². The van der Waals surface area contributed by atoms with Gasteiger partial charge in [-0.05, 0) is 78.9 Å². The summed E-state index contributed by atoms with van der Waals surface area (Å²) in [5.41, 5.74) is 0.231. The van der Waals surface area contributed by atoms with Crippen molar-refractivity contribution in [3.63, 3.8) is 0 Å². The van der Waals surface area contributed by atoms with Crippen LogP contribution in [0, 0.1) is 22.5 Å². The largest absolute Gasteiger partial charge is 0.459 e. The van der Waals surface area contributed by atoms with E-state index in [9.17, 15) is 23.2 Å². The van der Waals surface area contributed by atoms with Crippen LogP contribution in [0.2, 0.25) is 0 Å². The smallest absolute Gasteiger partial charge is 0.410 e. The molecule has 0 spiro atoms. The number of nitrogens with one attached hydrogen (secondary N) is 1. The summed E-state index contributed by atoms with van der Waals surface area (Å²) in [5, 5.41) is 0.676. The second-order valence-electron chi connectivity index (χ2n) is 13.6. The van der Waals surface area contributed by atoms with Gasteiger partial charge in [0, 0.05) is 41.7 Å². The highest BCUT2D eigenvalue weighted by Gasteiger charge is 2.76. The van der Waals surface area contributed by atoms with Crippen molar-refractivity contribution >= 4 is 28.9 Å². The number of carbonyl (C=O) groups excluding carboxylic acids is 3. The standard InChI is InChI=1S/C37H36F2N2O6/c1-35(2)36(3)16-17-37(35,47-32(36)42)33(43)46-29-15-18-41(34(44)45-21-22-7-5-4-6-8-22)20-27(29)30-26-14-13-25(39)19-28(26)40-31(30)23-9-11-24(38)12-10-23/h4-14,19,27,29,40H,15-18,20-21H2,1-3H3/t27-,29-,36+,37-/m0/s1. The van der Waals surface area contributed by atoms with Crippen LogP contribution < -0.4 is 0 Å². The number of likely N-dealkylation sites (tertiary alicyclic amines) is 1. The first-order valence-electron chi connectivity index (χ1n) is 15.9. The van der Waals surface area contributed by atoms with Gasteiger partial charge in [0.1, 0.15) is 24.3 Å². The Bertz CT molecular complexity index is 1870. The number of aromatic amines is 1. The van der Waals surface area contributed by atoms with Gasteiger partial charge in [-0.1, -0.05) is 44.2 Å². The van der Waals surface area contributed by atoms with E-state index in [0.29, 0.717) is 40.6 Å². The monoisotopic (exact) mass is 642 g/mol. The Morgan fingerprint density at radius 1 is 0.979 bits per heavy atom. The average Bonchev–Trinajstić information content (AvgIpc) is 3.58. The summed E-state index contributed by atoms with van der Waals surface area (Å²) in [5.74, 6) is -2.47. The van der Waals surface area contributed by atoms with Gasteiger partial charge in [0.25, 0.3) is 0 Å². The van der Waals surface area contributed by atoms with E-state index in [1.165, 1.54) is 24.3 Å². The molecule has 3 fully saturated rings. The molecule has 3 heterocycles. The van der Waals surface area contributed by atoms with Gasteiger partial charge < -0.3 is 24.1 Å². The number of hydrogen-bond donors (Lipinski definition) is 1. The Morgan fingerprint density at radius 3 is 2.38 bits per heavy atom. The van der Waals surface area contributed by atoms with Crippen molar-refractivity contribution in [1.29, 1.82) is 0 Å². The molecule has 10 heteroatoms. The average molecular weight is 643 g/mol. The number of ether oxygens (including phenoxy) is 3. The molecule has 1 amide bonds. The summed E-state index contributed by atoms with van der Waals surface area (Å²) in [6.45, 7) is 6.04. The molecule has 7 rings (SSSR count). The summed E-state index contributed by atoms with van der Waals surface area (Å²) >= 11 is 0. The Balaban J connectivity index is 1.27. The quantitative estimate of drug-likeness (QED) is 0.176. The van der Waals surface area contributed by atoms with Crippen molar-refractivity contribution < 1.29 is 37.4 Å². The number of nitrogens with zero attached hydrogens (tertiary/aromatic N) is 1. The first kappa shape index (κ1) is 30.9. The van der Waals surface area contributed by atoms with E-state index in [-0.39, 0.29) is 26.1 Å². The molecule has 3 aliphatic rings. The third kappa shape index (κ3) is 4.87. The number of rotatable bonds is 6. The zero-order valence-corrected chi connectivity index (χ0v) is 26.5. The molecule has 47 heavy (non-hydrogen) atoms. The number of esters is 2. The van der Waals surface area contributed by atoms with Crippen molar-refractivity contribution in [1.82, 2.24) is 9.88 Å². The molecular formula is C37H36F2N2O6. The molecule has 4 atom stereocenters. The fourth-order valence-electron chi connectivity index (χ4n) is 7.68. The summed E-state index contributed by atoms with van der Waals surface area (Å²) in [4.78, 5) is 45.4. The third-order valence-electron chi connectivity index (χ3n) is 11.0. The molecular weight excluding hydrogens is 606 g/mol. The molecule has 3 aromatic carbocycles. The first-order valence-corrected chi connectivity index (χ1v) is 15.9. The summed E-state index contributed by atoms with van der Waals surface area (Å²) in [7, 11) is 0. The topological polar surface area (TPSA) is 97.9 Å². The van der Waals surface area contributed by atoms with Gasteiger partial charge in [-0.25, -0.2) is 18.4 Å². The maximum atomic E-state index is 14.5. The maximum absolute atomic E-state index is 14.5. The van der Waals surface area contributed by atoms with E-state index in [1.54, 1.807) is 23.1 Å². The van der Waals surface area contributed by atoms with E-state index < -0.39 is 58.1 Å². The zero-order chi connectivity index (χ0) is 33.1. The van der Waals surface area contributed by atoms with Crippen molar-refractivity contribution in [2.24, 2.45) is 10.8 Å². The van der Waals surface area contributed by atoms with Crippen LogP contribution in [0.25, 0.3) is 22.2 Å². The fourth-order valence-corrected chi connectivity index (χ4v) is 7.68. The molecule has 4 aromatic rings. The number of H-pyrrole nitrogens is 1. The summed E-state index contributed by atoms with van der Waals surface area (Å²) in [6.07, 6.45) is -0.126. The lowest BCUT2D eigenvalue weighted by Gasteiger charge is -2.40. The van der Waals surface area contributed by atoms with Crippen LogP contribution in [0.5, 0.6) is 0 Å². The van der Waals surface area contributed by atoms with Crippen LogP contribution in [-0.2, 0) is 30.4 Å². The Kier molecular flexibility index (Phi) is 7.37.